The molecule has 2 N–H and O–H groups in total. The number of rotatable bonds is 7. The van der Waals surface area contributed by atoms with Gasteiger partial charge in [0, 0.05) is 32.3 Å². The molecule has 0 aromatic carbocycles. The van der Waals surface area contributed by atoms with Crippen molar-refractivity contribution in [2.24, 2.45) is 0 Å². The molecule has 0 bridgehead atoms. The number of carbonyl (C=O) groups is 2. The van der Waals surface area contributed by atoms with E-state index in [1.165, 1.54) is 0 Å². The average molecular weight is 269 g/mol. The van der Waals surface area contributed by atoms with E-state index >= 15 is 0 Å². The minimum atomic E-state index is -0.380. The minimum absolute atomic E-state index is 0.0110. The van der Waals surface area contributed by atoms with Crippen LogP contribution in [0.5, 0.6) is 0 Å². The zero-order chi connectivity index (χ0) is 13.7. The lowest BCUT2D eigenvalue weighted by molar-refractivity contribution is -0.139. The fourth-order valence-corrected chi connectivity index (χ4v) is 2.19. The van der Waals surface area contributed by atoms with Gasteiger partial charge in [0.1, 0.15) is 0 Å². The van der Waals surface area contributed by atoms with Crippen LogP contribution in [0, 0.1) is 0 Å². The van der Waals surface area contributed by atoms with Gasteiger partial charge in [-0.05, 0) is 19.8 Å². The highest BCUT2D eigenvalue weighted by Crippen LogP contribution is 2.19. The molecule has 1 saturated carbocycles. The summed E-state index contributed by atoms with van der Waals surface area (Å²) in [4.78, 5) is 25.7. The molecule has 1 heterocycles. The van der Waals surface area contributed by atoms with Crippen molar-refractivity contribution >= 4 is 11.8 Å². The molecule has 2 rings (SSSR count). The zero-order valence-electron chi connectivity index (χ0n) is 11.5. The van der Waals surface area contributed by atoms with Gasteiger partial charge in [-0.3, -0.25) is 9.59 Å². The van der Waals surface area contributed by atoms with Crippen LogP contribution in [0.1, 0.15) is 26.2 Å². The van der Waals surface area contributed by atoms with Crippen LogP contribution in [0.4, 0.5) is 0 Å². The maximum absolute atomic E-state index is 12.2. The minimum Gasteiger partial charge on any atom is -0.380 e. The summed E-state index contributed by atoms with van der Waals surface area (Å²) in [6, 6.07) is -0.0330. The number of piperazine rings is 1. The molecule has 1 saturated heterocycles. The molecule has 2 amide bonds. The number of amides is 2. The lowest BCUT2D eigenvalue weighted by Crippen LogP contribution is -2.56. The Hall–Kier alpha value is -1.14. The first kappa shape index (κ1) is 14.3. The first-order valence-corrected chi connectivity index (χ1v) is 7.10. The van der Waals surface area contributed by atoms with Crippen molar-refractivity contribution in [1.29, 1.82) is 0 Å². The van der Waals surface area contributed by atoms with Gasteiger partial charge in [0.05, 0.1) is 19.1 Å². The maximum Gasteiger partial charge on any atom is 0.240 e. The highest BCUT2D eigenvalue weighted by atomic mass is 16.5. The fourth-order valence-electron chi connectivity index (χ4n) is 2.19. The van der Waals surface area contributed by atoms with Crippen molar-refractivity contribution in [2.45, 2.75) is 38.3 Å². The van der Waals surface area contributed by atoms with Gasteiger partial charge in [0.15, 0.2) is 0 Å². The van der Waals surface area contributed by atoms with E-state index in [1.54, 1.807) is 4.90 Å². The van der Waals surface area contributed by atoms with E-state index in [0.717, 1.165) is 19.4 Å². The predicted octanol–water partition coefficient (Wildman–Crippen LogP) is -0.508. The Morgan fingerprint density at radius 3 is 3.00 bits per heavy atom. The van der Waals surface area contributed by atoms with Gasteiger partial charge in [0.2, 0.25) is 11.8 Å². The lowest BCUT2D eigenvalue weighted by atomic mass is 10.1. The van der Waals surface area contributed by atoms with Gasteiger partial charge < -0.3 is 20.3 Å². The quantitative estimate of drug-likeness (QED) is 0.611. The molecule has 108 valence electrons. The van der Waals surface area contributed by atoms with E-state index in [1.807, 2.05) is 6.92 Å². The predicted molar refractivity (Wildman–Crippen MR) is 70.6 cm³/mol. The SMILES string of the molecule is CCOCCN1CCNC(CC(=O)NC2CC2)C1=O. The first-order chi connectivity index (χ1) is 9.20. The molecular formula is C13H23N3O3. The number of carbonyl (C=O) groups excluding carboxylic acids is 2. The molecule has 0 radical (unpaired) electrons. The highest BCUT2D eigenvalue weighted by molar-refractivity contribution is 5.89. The number of hydrogen-bond acceptors (Lipinski definition) is 4. The Bertz CT molecular complexity index is 331. The van der Waals surface area contributed by atoms with Crippen LogP contribution in [0.3, 0.4) is 0 Å². The first-order valence-electron chi connectivity index (χ1n) is 7.10. The molecule has 1 aliphatic carbocycles. The van der Waals surface area contributed by atoms with E-state index in [2.05, 4.69) is 10.6 Å². The van der Waals surface area contributed by atoms with Crippen molar-refractivity contribution in [3.8, 4) is 0 Å². The van der Waals surface area contributed by atoms with Crippen molar-refractivity contribution in [2.75, 3.05) is 32.8 Å². The largest absolute Gasteiger partial charge is 0.380 e. The topological polar surface area (TPSA) is 70.7 Å². The van der Waals surface area contributed by atoms with Crippen molar-refractivity contribution in [3.63, 3.8) is 0 Å². The number of hydrogen-bond donors (Lipinski definition) is 2. The normalized spacial score (nSPS) is 23.5. The van der Waals surface area contributed by atoms with Crippen LogP contribution in [0.15, 0.2) is 0 Å². The molecule has 1 atom stereocenters. The van der Waals surface area contributed by atoms with E-state index in [4.69, 9.17) is 4.74 Å². The third-order valence-electron chi connectivity index (χ3n) is 3.42. The van der Waals surface area contributed by atoms with Gasteiger partial charge in [-0.15, -0.1) is 0 Å². The van der Waals surface area contributed by atoms with E-state index in [-0.39, 0.29) is 24.3 Å². The van der Waals surface area contributed by atoms with Crippen LogP contribution in [-0.2, 0) is 14.3 Å². The fraction of sp³-hybridized carbons (Fsp3) is 0.846. The Morgan fingerprint density at radius 1 is 1.53 bits per heavy atom. The molecule has 19 heavy (non-hydrogen) atoms. The summed E-state index contributed by atoms with van der Waals surface area (Å²) < 4.78 is 5.27. The smallest absolute Gasteiger partial charge is 0.240 e. The molecule has 0 aromatic rings. The lowest BCUT2D eigenvalue weighted by Gasteiger charge is -2.32. The van der Waals surface area contributed by atoms with Gasteiger partial charge >= 0.3 is 0 Å². The number of nitrogens with zero attached hydrogens (tertiary/aromatic N) is 1. The Morgan fingerprint density at radius 2 is 2.32 bits per heavy atom. The van der Waals surface area contributed by atoms with Crippen LogP contribution < -0.4 is 10.6 Å². The summed E-state index contributed by atoms with van der Waals surface area (Å²) in [5.41, 5.74) is 0. The molecule has 1 unspecified atom stereocenters. The van der Waals surface area contributed by atoms with Crippen molar-refractivity contribution < 1.29 is 14.3 Å². The molecule has 0 spiro atoms. The van der Waals surface area contributed by atoms with E-state index < -0.39 is 0 Å². The van der Waals surface area contributed by atoms with Gasteiger partial charge in [0.25, 0.3) is 0 Å². The number of nitrogens with one attached hydrogen (secondary N) is 2. The molecule has 2 fully saturated rings. The van der Waals surface area contributed by atoms with Gasteiger partial charge in [-0.2, -0.15) is 0 Å². The molecule has 6 nitrogen and oxygen atoms in total. The summed E-state index contributed by atoms with van der Waals surface area (Å²) in [5.74, 6) is -0.0168. The van der Waals surface area contributed by atoms with Crippen molar-refractivity contribution in [1.82, 2.24) is 15.5 Å². The summed E-state index contributed by atoms with van der Waals surface area (Å²) in [6.07, 6.45) is 2.37. The van der Waals surface area contributed by atoms with Crippen molar-refractivity contribution in [3.05, 3.63) is 0 Å². The van der Waals surface area contributed by atoms with E-state index in [9.17, 15) is 9.59 Å². The molecule has 6 heteroatoms. The van der Waals surface area contributed by atoms with E-state index in [0.29, 0.717) is 32.3 Å². The Kier molecular flexibility index (Phi) is 5.15. The van der Waals surface area contributed by atoms with Crippen LogP contribution >= 0.6 is 0 Å². The second kappa shape index (κ2) is 6.86. The highest BCUT2D eigenvalue weighted by Gasteiger charge is 2.31. The molecular weight excluding hydrogens is 246 g/mol. The van der Waals surface area contributed by atoms with Crippen LogP contribution in [-0.4, -0.2) is 61.6 Å². The third kappa shape index (κ3) is 4.47. The Balaban J connectivity index is 1.76. The summed E-state index contributed by atoms with van der Waals surface area (Å²) in [5, 5.41) is 6.04. The zero-order valence-corrected chi connectivity index (χ0v) is 11.5. The van der Waals surface area contributed by atoms with Gasteiger partial charge in [-0.25, -0.2) is 0 Å². The summed E-state index contributed by atoms with van der Waals surface area (Å²) in [7, 11) is 0. The van der Waals surface area contributed by atoms with Gasteiger partial charge in [-0.1, -0.05) is 0 Å². The second-order valence-corrected chi connectivity index (χ2v) is 5.07. The standard InChI is InChI=1S/C13H23N3O3/c1-2-19-8-7-16-6-5-14-11(13(16)18)9-12(17)15-10-3-4-10/h10-11,14H,2-9H2,1H3,(H,15,17). The summed E-state index contributed by atoms with van der Waals surface area (Å²) in [6.45, 7) is 5.18. The molecule has 0 aromatic heterocycles. The Labute approximate surface area is 113 Å². The third-order valence-corrected chi connectivity index (χ3v) is 3.42. The molecule has 2 aliphatic rings. The average Bonchev–Trinajstić information content (AvgIpc) is 3.18. The summed E-state index contributed by atoms with van der Waals surface area (Å²) >= 11 is 0. The molecule has 1 aliphatic heterocycles. The van der Waals surface area contributed by atoms with Crippen LogP contribution in [0.2, 0.25) is 0 Å². The monoisotopic (exact) mass is 269 g/mol. The maximum atomic E-state index is 12.2. The van der Waals surface area contributed by atoms with Crippen LogP contribution in [0.25, 0.3) is 0 Å². The number of ether oxygens (including phenoxy) is 1. The second-order valence-electron chi connectivity index (χ2n) is 5.07.